The van der Waals surface area contributed by atoms with E-state index in [1.165, 1.54) is 6.07 Å². The molecule has 4 rings (SSSR count). The predicted molar refractivity (Wildman–Crippen MR) is 122 cm³/mol. The van der Waals surface area contributed by atoms with Gasteiger partial charge in [-0.2, -0.15) is 5.10 Å². The standard InChI is InChI=1S/C23H28FN7O/c1-13(2)22-23(32)29-21-15(4)28-20(7-19(21)30(22)5)26-9-17-10-27-31(12-17)11-16-6-18(24)14(3)25-8-16/h6-8,10,12-13,22H,9,11H2,1-5H3,(H,26,28)(H,29,32)/t22-/m0/s1. The zero-order valence-corrected chi connectivity index (χ0v) is 19.0. The van der Waals surface area contributed by atoms with Gasteiger partial charge in [0.1, 0.15) is 17.7 Å². The number of amides is 1. The van der Waals surface area contributed by atoms with E-state index >= 15 is 0 Å². The van der Waals surface area contributed by atoms with Crippen molar-refractivity contribution in [2.75, 3.05) is 22.6 Å². The monoisotopic (exact) mass is 437 g/mol. The van der Waals surface area contributed by atoms with E-state index in [4.69, 9.17) is 0 Å². The van der Waals surface area contributed by atoms with E-state index in [2.05, 4.69) is 25.7 Å². The second-order valence-electron chi connectivity index (χ2n) is 8.59. The Bertz CT molecular complexity index is 1160. The van der Waals surface area contributed by atoms with Crippen LogP contribution in [0.15, 0.2) is 30.7 Å². The summed E-state index contributed by atoms with van der Waals surface area (Å²) in [5.41, 5.74) is 4.58. The van der Waals surface area contributed by atoms with Crippen molar-refractivity contribution >= 4 is 23.1 Å². The lowest BCUT2D eigenvalue weighted by Gasteiger charge is -2.38. The minimum Gasteiger partial charge on any atom is -0.366 e. The highest BCUT2D eigenvalue weighted by Crippen LogP contribution is 2.36. The SMILES string of the molecule is Cc1ncc(Cn2cc(CNc3cc4c(c(C)n3)NC(=O)[C@H](C(C)C)N4C)cn2)cc1F. The fraction of sp³-hybridized carbons (Fsp3) is 0.391. The first kappa shape index (κ1) is 21.7. The van der Waals surface area contributed by atoms with Crippen LogP contribution in [0.3, 0.4) is 0 Å². The largest absolute Gasteiger partial charge is 0.366 e. The highest BCUT2D eigenvalue weighted by atomic mass is 19.1. The molecule has 1 aliphatic rings. The van der Waals surface area contributed by atoms with E-state index < -0.39 is 0 Å². The number of fused-ring (bicyclic) bond motifs is 1. The molecule has 8 nitrogen and oxygen atoms in total. The molecule has 0 saturated heterocycles. The summed E-state index contributed by atoms with van der Waals surface area (Å²) < 4.78 is 15.5. The Balaban J connectivity index is 1.46. The zero-order chi connectivity index (χ0) is 23.0. The van der Waals surface area contributed by atoms with Gasteiger partial charge in [-0.1, -0.05) is 13.8 Å². The Morgan fingerprint density at radius 3 is 2.69 bits per heavy atom. The second-order valence-corrected chi connectivity index (χ2v) is 8.59. The maximum absolute atomic E-state index is 13.7. The maximum Gasteiger partial charge on any atom is 0.247 e. The van der Waals surface area contributed by atoms with Gasteiger partial charge < -0.3 is 15.5 Å². The maximum atomic E-state index is 13.7. The highest BCUT2D eigenvalue weighted by molar-refractivity contribution is 6.04. The summed E-state index contributed by atoms with van der Waals surface area (Å²) in [5, 5.41) is 10.7. The number of hydrogen-bond acceptors (Lipinski definition) is 6. The van der Waals surface area contributed by atoms with Crippen molar-refractivity contribution < 1.29 is 9.18 Å². The first-order valence-corrected chi connectivity index (χ1v) is 10.6. The number of aromatic nitrogens is 4. The van der Waals surface area contributed by atoms with Gasteiger partial charge in [0.15, 0.2) is 0 Å². The van der Waals surface area contributed by atoms with Crippen molar-refractivity contribution in [1.29, 1.82) is 0 Å². The zero-order valence-electron chi connectivity index (χ0n) is 19.0. The van der Waals surface area contributed by atoms with Gasteiger partial charge in [0.25, 0.3) is 0 Å². The third kappa shape index (κ3) is 4.28. The smallest absolute Gasteiger partial charge is 0.247 e. The van der Waals surface area contributed by atoms with Gasteiger partial charge in [0.2, 0.25) is 5.91 Å². The van der Waals surface area contributed by atoms with Gasteiger partial charge in [0, 0.05) is 37.6 Å². The van der Waals surface area contributed by atoms with Crippen molar-refractivity contribution in [2.24, 2.45) is 5.92 Å². The van der Waals surface area contributed by atoms with Gasteiger partial charge in [-0.05, 0) is 31.4 Å². The molecule has 0 spiro atoms. The Hall–Kier alpha value is -3.49. The molecule has 0 unspecified atom stereocenters. The number of anilines is 3. The molecule has 9 heteroatoms. The Kier molecular flexibility index (Phi) is 5.82. The van der Waals surface area contributed by atoms with Crippen LogP contribution in [-0.4, -0.2) is 38.7 Å². The van der Waals surface area contributed by atoms with E-state index in [1.807, 2.05) is 45.0 Å². The van der Waals surface area contributed by atoms with E-state index in [0.29, 0.717) is 18.8 Å². The molecule has 0 fully saturated rings. The lowest BCUT2D eigenvalue weighted by molar-refractivity contribution is -0.118. The number of carbonyl (C=O) groups is 1. The molecular formula is C23H28FN7O. The summed E-state index contributed by atoms with van der Waals surface area (Å²) in [6.45, 7) is 8.59. The number of hydrogen-bond donors (Lipinski definition) is 2. The molecule has 32 heavy (non-hydrogen) atoms. The van der Waals surface area contributed by atoms with Gasteiger partial charge >= 0.3 is 0 Å². The molecule has 0 aliphatic carbocycles. The average molecular weight is 438 g/mol. The van der Waals surface area contributed by atoms with Crippen LogP contribution >= 0.6 is 0 Å². The van der Waals surface area contributed by atoms with Crippen LogP contribution in [-0.2, 0) is 17.9 Å². The molecule has 1 aliphatic heterocycles. The minimum atomic E-state index is -0.314. The van der Waals surface area contributed by atoms with Crippen LogP contribution in [0.25, 0.3) is 0 Å². The number of likely N-dealkylation sites (N-methyl/N-ethyl adjacent to an activating group) is 1. The first-order chi connectivity index (χ1) is 15.2. The number of halogens is 1. The van der Waals surface area contributed by atoms with Crippen LogP contribution in [0, 0.1) is 25.6 Å². The summed E-state index contributed by atoms with van der Waals surface area (Å²) in [6, 6.07) is 3.22. The number of pyridine rings is 2. The van der Waals surface area contributed by atoms with Gasteiger partial charge in [-0.3, -0.25) is 14.5 Å². The lowest BCUT2D eigenvalue weighted by atomic mass is 9.98. The number of nitrogens with zero attached hydrogens (tertiary/aromatic N) is 5. The Labute approximate surface area is 186 Å². The summed E-state index contributed by atoms with van der Waals surface area (Å²) in [7, 11) is 1.94. The van der Waals surface area contributed by atoms with Crippen LogP contribution < -0.4 is 15.5 Å². The molecule has 2 N–H and O–H groups in total. The normalized spacial score (nSPS) is 15.7. The van der Waals surface area contributed by atoms with E-state index in [1.54, 1.807) is 24.0 Å². The highest BCUT2D eigenvalue weighted by Gasteiger charge is 2.34. The van der Waals surface area contributed by atoms with Crippen molar-refractivity contribution in [1.82, 2.24) is 19.7 Å². The van der Waals surface area contributed by atoms with Crippen molar-refractivity contribution in [3.8, 4) is 0 Å². The molecule has 168 valence electrons. The number of nitrogens with one attached hydrogen (secondary N) is 2. The van der Waals surface area contributed by atoms with Crippen molar-refractivity contribution in [3.63, 3.8) is 0 Å². The fourth-order valence-corrected chi connectivity index (χ4v) is 4.05. The van der Waals surface area contributed by atoms with Gasteiger partial charge in [-0.15, -0.1) is 0 Å². The van der Waals surface area contributed by atoms with Crippen LogP contribution in [0.2, 0.25) is 0 Å². The molecule has 0 aromatic carbocycles. The Morgan fingerprint density at radius 1 is 1.19 bits per heavy atom. The fourth-order valence-electron chi connectivity index (χ4n) is 4.05. The van der Waals surface area contributed by atoms with E-state index in [0.717, 1.165) is 34.0 Å². The molecule has 0 bridgehead atoms. The molecule has 4 heterocycles. The lowest BCUT2D eigenvalue weighted by Crippen LogP contribution is -2.49. The molecule has 1 amide bonds. The van der Waals surface area contributed by atoms with Crippen LogP contribution in [0.4, 0.5) is 21.6 Å². The first-order valence-electron chi connectivity index (χ1n) is 10.6. The van der Waals surface area contributed by atoms with Gasteiger partial charge in [0.05, 0.1) is 35.5 Å². The van der Waals surface area contributed by atoms with Crippen molar-refractivity contribution in [3.05, 3.63) is 59.1 Å². The van der Waals surface area contributed by atoms with Crippen LogP contribution in [0.1, 0.15) is 36.4 Å². The van der Waals surface area contributed by atoms with Gasteiger partial charge in [-0.25, -0.2) is 9.37 Å². The average Bonchev–Trinajstić information content (AvgIpc) is 3.17. The summed E-state index contributed by atoms with van der Waals surface area (Å²) in [5.74, 6) is 0.591. The van der Waals surface area contributed by atoms with E-state index in [-0.39, 0.29) is 23.7 Å². The minimum absolute atomic E-state index is 0.00307. The molecular weight excluding hydrogens is 409 g/mol. The number of rotatable bonds is 6. The molecule has 1 atom stereocenters. The van der Waals surface area contributed by atoms with E-state index in [9.17, 15) is 9.18 Å². The molecule has 3 aromatic heterocycles. The topological polar surface area (TPSA) is 88.0 Å². The van der Waals surface area contributed by atoms with Crippen LogP contribution in [0.5, 0.6) is 0 Å². The summed E-state index contributed by atoms with van der Waals surface area (Å²) in [4.78, 5) is 23.2. The Morgan fingerprint density at radius 2 is 1.97 bits per heavy atom. The second kappa shape index (κ2) is 8.57. The number of carbonyl (C=O) groups excluding carboxylic acids is 1. The summed E-state index contributed by atoms with van der Waals surface area (Å²) in [6.07, 6.45) is 5.35. The summed E-state index contributed by atoms with van der Waals surface area (Å²) >= 11 is 0. The third-order valence-corrected chi connectivity index (χ3v) is 5.71. The third-order valence-electron chi connectivity index (χ3n) is 5.71. The molecule has 3 aromatic rings. The number of aryl methyl sites for hydroxylation is 2. The quantitative estimate of drug-likeness (QED) is 0.614. The predicted octanol–water partition coefficient (Wildman–Crippen LogP) is 3.50. The molecule has 0 radical (unpaired) electrons. The molecule has 0 saturated carbocycles. The van der Waals surface area contributed by atoms with Crippen molar-refractivity contribution in [2.45, 2.75) is 46.8 Å².